The minimum Gasteiger partial charge on any atom is -0.381 e. The first-order chi connectivity index (χ1) is 12.3. The number of piperidine rings is 1. The van der Waals surface area contributed by atoms with Crippen molar-refractivity contribution in [3.8, 4) is 0 Å². The van der Waals surface area contributed by atoms with Crippen molar-refractivity contribution >= 4 is 16.8 Å². The van der Waals surface area contributed by atoms with E-state index in [-0.39, 0.29) is 17.4 Å². The second kappa shape index (κ2) is 5.85. The van der Waals surface area contributed by atoms with Gasteiger partial charge >= 0.3 is 0 Å². The van der Waals surface area contributed by atoms with Crippen LogP contribution in [0.5, 0.6) is 0 Å². The predicted molar refractivity (Wildman–Crippen MR) is 94.4 cm³/mol. The Morgan fingerprint density at radius 1 is 1.20 bits per heavy atom. The number of benzene rings is 1. The molecule has 132 valence electrons. The number of ether oxygens (including phenoxy) is 2. The molecule has 25 heavy (non-hydrogen) atoms. The Balaban J connectivity index is 1.40. The maximum atomic E-state index is 12.7. The molecule has 1 aromatic carbocycles. The van der Waals surface area contributed by atoms with Gasteiger partial charge in [-0.15, -0.1) is 0 Å². The third-order valence-corrected chi connectivity index (χ3v) is 6.16. The third-order valence-electron chi connectivity index (χ3n) is 6.16. The predicted octanol–water partition coefficient (Wildman–Crippen LogP) is 2.59. The minimum absolute atomic E-state index is 0.0601. The highest BCUT2D eigenvalue weighted by Crippen LogP contribution is 2.43. The number of para-hydroxylation sites is 1. The van der Waals surface area contributed by atoms with Crippen LogP contribution in [-0.2, 0) is 26.3 Å². The summed E-state index contributed by atoms with van der Waals surface area (Å²) in [5.74, 6) is 0.324. The van der Waals surface area contributed by atoms with E-state index in [1.54, 1.807) is 0 Å². The standard InChI is InChI=1S/C20H24N2O3/c23-19(14-5-11-24-13-14)22-9-7-20(8-10-22)18-16(6-12-25-20)15-3-1-2-4-17(15)21-18/h1-4,14,21H,5-13H2. The van der Waals surface area contributed by atoms with Crippen LogP contribution in [0.2, 0.25) is 0 Å². The molecule has 3 aliphatic rings. The second-order valence-electron chi connectivity index (χ2n) is 7.50. The molecule has 5 rings (SSSR count). The molecule has 0 radical (unpaired) electrons. The summed E-state index contributed by atoms with van der Waals surface area (Å²) >= 11 is 0. The monoisotopic (exact) mass is 340 g/mol. The van der Waals surface area contributed by atoms with E-state index in [1.165, 1.54) is 22.2 Å². The van der Waals surface area contributed by atoms with Crippen LogP contribution < -0.4 is 0 Å². The Bertz CT molecular complexity index is 798. The van der Waals surface area contributed by atoms with Gasteiger partial charge in [0.2, 0.25) is 5.91 Å². The minimum atomic E-state index is -0.254. The Hall–Kier alpha value is -1.85. The lowest BCUT2D eigenvalue weighted by molar-refractivity contribution is -0.145. The van der Waals surface area contributed by atoms with E-state index >= 15 is 0 Å². The van der Waals surface area contributed by atoms with E-state index < -0.39 is 0 Å². The number of carbonyl (C=O) groups excluding carboxylic acids is 1. The summed E-state index contributed by atoms with van der Waals surface area (Å²) in [5, 5.41) is 1.32. The number of aromatic nitrogens is 1. The van der Waals surface area contributed by atoms with Crippen molar-refractivity contribution in [3.05, 3.63) is 35.5 Å². The van der Waals surface area contributed by atoms with Gasteiger partial charge in [-0.3, -0.25) is 4.79 Å². The molecular weight excluding hydrogens is 316 g/mol. The van der Waals surface area contributed by atoms with Gasteiger partial charge in [0.1, 0.15) is 5.60 Å². The number of amides is 1. The first-order valence-corrected chi connectivity index (χ1v) is 9.37. The number of hydrogen-bond donors (Lipinski definition) is 1. The van der Waals surface area contributed by atoms with Crippen LogP contribution in [0.3, 0.4) is 0 Å². The van der Waals surface area contributed by atoms with Crippen molar-refractivity contribution in [3.63, 3.8) is 0 Å². The number of fused-ring (bicyclic) bond motifs is 4. The van der Waals surface area contributed by atoms with E-state index in [0.29, 0.717) is 6.61 Å². The zero-order valence-electron chi connectivity index (χ0n) is 14.4. The topological polar surface area (TPSA) is 54.6 Å². The highest BCUT2D eigenvalue weighted by atomic mass is 16.5. The molecule has 2 aromatic rings. The van der Waals surface area contributed by atoms with Crippen molar-refractivity contribution in [2.45, 2.75) is 31.3 Å². The molecule has 0 saturated carbocycles. The molecule has 1 aromatic heterocycles. The fourth-order valence-corrected chi connectivity index (χ4v) is 4.74. The number of aromatic amines is 1. The molecule has 0 bridgehead atoms. The summed E-state index contributed by atoms with van der Waals surface area (Å²) in [5.41, 5.74) is 3.59. The molecule has 1 spiro atoms. The SMILES string of the molecule is O=C(C1CCOC1)N1CCC2(CC1)OCCc1c2[nH]c2ccccc12. The number of nitrogens with zero attached hydrogens (tertiary/aromatic N) is 1. The first kappa shape index (κ1) is 15.4. The highest BCUT2D eigenvalue weighted by Gasteiger charge is 2.44. The van der Waals surface area contributed by atoms with E-state index in [2.05, 4.69) is 29.2 Å². The molecule has 1 unspecified atom stereocenters. The van der Waals surface area contributed by atoms with Gasteiger partial charge in [-0.2, -0.15) is 0 Å². The molecule has 3 aliphatic heterocycles. The van der Waals surface area contributed by atoms with Gasteiger partial charge in [0.05, 0.1) is 24.8 Å². The van der Waals surface area contributed by atoms with Gasteiger partial charge < -0.3 is 19.4 Å². The van der Waals surface area contributed by atoms with Crippen LogP contribution in [0, 0.1) is 5.92 Å². The van der Waals surface area contributed by atoms with Gasteiger partial charge in [-0.05, 0) is 37.3 Å². The maximum absolute atomic E-state index is 12.7. The molecule has 1 N–H and O–H groups in total. The third kappa shape index (κ3) is 2.41. The molecular formula is C20H24N2O3. The first-order valence-electron chi connectivity index (χ1n) is 9.37. The quantitative estimate of drug-likeness (QED) is 0.868. The van der Waals surface area contributed by atoms with Crippen LogP contribution in [-0.4, -0.2) is 48.7 Å². The number of likely N-dealkylation sites (tertiary alicyclic amines) is 1. The number of rotatable bonds is 1. The van der Waals surface area contributed by atoms with Crippen molar-refractivity contribution < 1.29 is 14.3 Å². The Morgan fingerprint density at radius 3 is 2.84 bits per heavy atom. The summed E-state index contributed by atoms with van der Waals surface area (Å²) in [6.45, 7) is 3.60. The highest BCUT2D eigenvalue weighted by molar-refractivity contribution is 5.85. The summed E-state index contributed by atoms with van der Waals surface area (Å²) in [4.78, 5) is 18.3. The largest absolute Gasteiger partial charge is 0.381 e. The van der Waals surface area contributed by atoms with Gasteiger partial charge in [0.15, 0.2) is 0 Å². The number of hydrogen-bond acceptors (Lipinski definition) is 3. The Morgan fingerprint density at radius 2 is 2.04 bits per heavy atom. The lowest BCUT2D eigenvalue weighted by Crippen LogP contribution is -2.49. The number of H-pyrrole nitrogens is 1. The fraction of sp³-hybridized carbons (Fsp3) is 0.550. The summed E-state index contributed by atoms with van der Waals surface area (Å²) in [6.07, 6.45) is 3.56. The molecule has 1 atom stereocenters. The van der Waals surface area contributed by atoms with E-state index in [1.807, 2.05) is 4.90 Å². The molecule has 4 heterocycles. The number of carbonyl (C=O) groups is 1. The molecule has 1 amide bonds. The molecule has 5 heteroatoms. The molecule has 2 saturated heterocycles. The van der Waals surface area contributed by atoms with Gasteiger partial charge in [0.25, 0.3) is 0 Å². The molecule has 2 fully saturated rings. The summed E-state index contributed by atoms with van der Waals surface area (Å²) in [7, 11) is 0. The van der Waals surface area contributed by atoms with Crippen molar-refractivity contribution in [2.75, 3.05) is 32.9 Å². The van der Waals surface area contributed by atoms with Gasteiger partial charge in [0, 0.05) is 30.6 Å². The van der Waals surface area contributed by atoms with E-state index in [4.69, 9.17) is 9.47 Å². The molecule has 5 nitrogen and oxygen atoms in total. The van der Waals surface area contributed by atoms with Crippen LogP contribution in [0.25, 0.3) is 10.9 Å². The molecule has 0 aliphatic carbocycles. The normalized spacial score (nSPS) is 25.4. The summed E-state index contributed by atoms with van der Waals surface area (Å²) in [6, 6.07) is 8.51. The van der Waals surface area contributed by atoms with Crippen molar-refractivity contribution in [1.82, 2.24) is 9.88 Å². The summed E-state index contributed by atoms with van der Waals surface area (Å²) < 4.78 is 11.7. The van der Waals surface area contributed by atoms with Crippen molar-refractivity contribution in [2.24, 2.45) is 5.92 Å². The van der Waals surface area contributed by atoms with Gasteiger partial charge in [-0.25, -0.2) is 0 Å². The van der Waals surface area contributed by atoms with Gasteiger partial charge in [-0.1, -0.05) is 18.2 Å². The van der Waals surface area contributed by atoms with E-state index in [9.17, 15) is 4.79 Å². The van der Waals surface area contributed by atoms with Crippen LogP contribution in [0.15, 0.2) is 24.3 Å². The lowest BCUT2D eigenvalue weighted by atomic mass is 9.83. The maximum Gasteiger partial charge on any atom is 0.228 e. The van der Waals surface area contributed by atoms with Crippen molar-refractivity contribution in [1.29, 1.82) is 0 Å². The second-order valence-corrected chi connectivity index (χ2v) is 7.50. The Labute approximate surface area is 147 Å². The van der Waals surface area contributed by atoms with Crippen LogP contribution in [0.1, 0.15) is 30.5 Å². The zero-order valence-corrected chi connectivity index (χ0v) is 14.4. The average Bonchev–Trinajstić information content (AvgIpc) is 3.31. The zero-order chi connectivity index (χ0) is 16.9. The Kier molecular flexibility index (Phi) is 3.61. The lowest BCUT2D eigenvalue weighted by Gasteiger charge is -2.44. The van der Waals surface area contributed by atoms with E-state index in [0.717, 1.165) is 52.0 Å². The smallest absolute Gasteiger partial charge is 0.228 e. The average molecular weight is 340 g/mol. The van der Waals surface area contributed by atoms with Crippen LogP contribution in [0.4, 0.5) is 0 Å². The van der Waals surface area contributed by atoms with Crippen LogP contribution >= 0.6 is 0 Å². The number of nitrogens with one attached hydrogen (secondary N) is 1. The fourth-order valence-electron chi connectivity index (χ4n) is 4.74.